The maximum absolute atomic E-state index is 9.71. The summed E-state index contributed by atoms with van der Waals surface area (Å²) in [6.45, 7) is 4.34. The molecule has 0 fully saturated rings. The fraction of sp³-hybridized carbons (Fsp3) is 0.174. The molecule has 26 heavy (non-hydrogen) atoms. The van der Waals surface area contributed by atoms with Crippen LogP contribution in [-0.4, -0.2) is 0 Å². The van der Waals surface area contributed by atoms with E-state index in [1.807, 2.05) is 30.3 Å². The predicted molar refractivity (Wildman–Crippen MR) is 104 cm³/mol. The smallest absolute Gasteiger partial charge is 0.205 e. The van der Waals surface area contributed by atoms with Gasteiger partial charge >= 0.3 is 0 Å². The molecule has 1 aliphatic rings. The highest BCUT2D eigenvalue weighted by Gasteiger charge is 2.31. The Morgan fingerprint density at radius 1 is 1.00 bits per heavy atom. The van der Waals surface area contributed by atoms with Crippen molar-refractivity contribution in [2.75, 3.05) is 0 Å². The molecule has 2 N–H and O–H groups in total. The number of benzene rings is 3. The second-order valence-corrected chi connectivity index (χ2v) is 6.95. The van der Waals surface area contributed by atoms with Crippen molar-refractivity contribution in [3.8, 4) is 11.8 Å². The van der Waals surface area contributed by atoms with Crippen molar-refractivity contribution in [1.82, 2.24) is 0 Å². The Hall–Kier alpha value is -3.25. The lowest BCUT2D eigenvalue weighted by atomic mass is 9.82. The second kappa shape index (κ2) is 6.24. The van der Waals surface area contributed by atoms with Gasteiger partial charge in [0.25, 0.3) is 0 Å². The molecule has 0 bridgehead atoms. The van der Waals surface area contributed by atoms with Gasteiger partial charge in [0.15, 0.2) is 0 Å². The molecule has 4 rings (SSSR count). The van der Waals surface area contributed by atoms with Crippen molar-refractivity contribution < 1.29 is 4.74 Å². The van der Waals surface area contributed by atoms with E-state index in [2.05, 4.69) is 50.2 Å². The Morgan fingerprint density at radius 2 is 1.73 bits per heavy atom. The van der Waals surface area contributed by atoms with Crippen molar-refractivity contribution in [2.24, 2.45) is 5.73 Å². The summed E-state index contributed by atoms with van der Waals surface area (Å²) in [5, 5.41) is 11.8. The van der Waals surface area contributed by atoms with E-state index in [9.17, 15) is 5.26 Å². The van der Waals surface area contributed by atoms with E-state index in [-0.39, 0.29) is 11.8 Å². The number of hydrogen-bond donors (Lipinski definition) is 1. The Morgan fingerprint density at radius 3 is 2.42 bits per heavy atom. The van der Waals surface area contributed by atoms with Crippen LogP contribution in [0.1, 0.15) is 42.4 Å². The fourth-order valence-corrected chi connectivity index (χ4v) is 3.60. The van der Waals surface area contributed by atoms with Gasteiger partial charge in [-0.1, -0.05) is 74.5 Å². The van der Waals surface area contributed by atoms with Crippen LogP contribution in [0.3, 0.4) is 0 Å². The first kappa shape index (κ1) is 16.2. The van der Waals surface area contributed by atoms with Gasteiger partial charge in [0.05, 0.1) is 5.92 Å². The van der Waals surface area contributed by atoms with E-state index >= 15 is 0 Å². The summed E-state index contributed by atoms with van der Waals surface area (Å²) in [5.41, 5.74) is 9.90. The topological polar surface area (TPSA) is 59.0 Å². The maximum atomic E-state index is 9.71. The average Bonchev–Trinajstić information content (AvgIpc) is 2.67. The van der Waals surface area contributed by atoms with Crippen LogP contribution in [0.4, 0.5) is 0 Å². The molecule has 128 valence electrons. The van der Waals surface area contributed by atoms with Crippen molar-refractivity contribution in [1.29, 1.82) is 5.26 Å². The number of hydrogen-bond acceptors (Lipinski definition) is 3. The molecule has 0 radical (unpaired) electrons. The molecule has 0 aliphatic carbocycles. The Kier molecular flexibility index (Phi) is 3.89. The molecule has 3 aromatic carbocycles. The highest BCUT2D eigenvalue weighted by Crippen LogP contribution is 2.45. The third-order valence-electron chi connectivity index (χ3n) is 5.04. The van der Waals surface area contributed by atoms with Gasteiger partial charge in [-0.2, -0.15) is 5.26 Å². The number of nitrogens with zero attached hydrogens (tertiary/aromatic N) is 1. The molecule has 0 unspecified atom stereocenters. The number of nitriles is 1. The normalized spacial score (nSPS) is 16.3. The van der Waals surface area contributed by atoms with Crippen LogP contribution in [-0.2, 0) is 0 Å². The van der Waals surface area contributed by atoms with Gasteiger partial charge in [-0.05, 0) is 22.4 Å². The summed E-state index contributed by atoms with van der Waals surface area (Å²) in [4.78, 5) is 0. The van der Waals surface area contributed by atoms with E-state index in [0.29, 0.717) is 11.5 Å². The molecule has 0 aromatic heterocycles. The molecule has 0 saturated heterocycles. The van der Waals surface area contributed by atoms with Crippen LogP contribution < -0.4 is 10.5 Å². The van der Waals surface area contributed by atoms with Gasteiger partial charge < -0.3 is 10.5 Å². The lowest BCUT2D eigenvalue weighted by Crippen LogP contribution is -2.21. The molecule has 1 heterocycles. The monoisotopic (exact) mass is 340 g/mol. The van der Waals surface area contributed by atoms with Gasteiger partial charge in [-0.15, -0.1) is 0 Å². The van der Waals surface area contributed by atoms with E-state index in [1.165, 1.54) is 5.56 Å². The molecule has 3 nitrogen and oxygen atoms in total. The molecule has 1 atom stereocenters. The van der Waals surface area contributed by atoms with Crippen LogP contribution >= 0.6 is 0 Å². The lowest BCUT2D eigenvalue weighted by Gasteiger charge is -2.27. The van der Waals surface area contributed by atoms with Gasteiger partial charge in [0, 0.05) is 10.9 Å². The number of rotatable bonds is 2. The van der Waals surface area contributed by atoms with Crippen LogP contribution in [0.15, 0.2) is 72.1 Å². The van der Waals surface area contributed by atoms with E-state index in [1.54, 1.807) is 0 Å². The lowest BCUT2D eigenvalue weighted by molar-refractivity contribution is 0.398. The van der Waals surface area contributed by atoms with Crippen molar-refractivity contribution in [2.45, 2.75) is 25.7 Å². The highest BCUT2D eigenvalue weighted by molar-refractivity contribution is 5.90. The third-order valence-corrected chi connectivity index (χ3v) is 5.04. The SMILES string of the molecule is CC(C)c1ccc([C@@H]2C(C#N)=C(N)Oc3c2ccc2ccccc32)cc1. The van der Waals surface area contributed by atoms with Crippen LogP contribution in [0, 0.1) is 11.3 Å². The molecular weight excluding hydrogens is 320 g/mol. The summed E-state index contributed by atoms with van der Waals surface area (Å²) in [6, 6.07) is 22.9. The van der Waals surface area contributed by atoms with Crippen molar-refractivity contribution >= 4 is 10.8 Å². The number of nitrogens with two attached hydrogens (primary N) is 1. The summed E-state index contributed by atoms with van der Waals surface area (Å²) < 4.78 is 5.90. The average molecular weight is 340 g/mol. The zero-order valence-electron chi connectivity index (χ0n) is 14.9. The predicted octanol–water partition coefficient (Wildman–Crippen LogP) is 5.18. The summed E-state index contributed by atoms with van der Waals surface area (Å²) in [5.74, 6) is 1.19. The Bertz CT molecular complexity index is 1060. The van der Waals surface area contributed by atoms with E-state index in [4.69, 9.17) is 10.5 Å². The Balaban J connectivity index is 1.93. The van der Waals surface area contributed by atoms with Crippen LogP contribution in [0.2, 0.25) is 0 Å². The minimum Gasteiger partial charge on any atom is -0.440 e. The van der Waals surface area contributed by atoms with E-state index in [0.717, 1.165) is 27.6 Å². The number of ether oxygens (including phenoxy) is 1. The molecule has 3 heteroatoms. The number of fused-ring (bicyclic) bond motifs is 3. The second-order valence-electron chi connectivity index (χ2n) is 6.95. The third kappa shape index (κ3) is 2.51. The minimum absolute atomic E-state index is 0.189. The van der Waals surface area contributed by atoms with Crippen LogP contribution in [0.25, 0.3) is 10.8 Å². The zero-order valence-corrected chi connectivity index (χ0v) is 14.9. The first-order chi connectivity index (χ1) is 12.6. The molecule has 1 aliphatic heterocycles. The Labute approximate surface area is 153 Å². The van der Waals surface area contributed by atoms with Crippen LogP contribution in [0.5, 0.6) is 5.75 Å². The molecular formula is C23H20N2O. The largest absolute Gasteiger partial charge is 0.440 e. The maximum Gasteiger partial charge on any atom is 0.205 e. The first-order valence-electron chi connectivity index (χ1n) is 8.79. The quantitative estimate of drug-likeness (QED) is 0.699. The van der Waals surface area contributed by atoms with Gasteiger partial charge in [-0.25, -0.2) is 0 Å². The van der Waals surface area contributed by atoms with Gasteiger partial charge in [0.1, 0.15) is 17.4 Å². The summed E-state index contributed by atoms with van der Waals surface area (Å²) in [6.07, 6.45) is 0. The fourth-order valence-electron chi connectivity index (χ4n) is 3.60. The van der Waals surface area contributed by atoms with Crippen molar-refractivity contribution in [3.05, 3.63) is 88.8 Å². The highest BCUT2D eigenvalue weighted by atomic mass is 16.5. The van der Waals surface area contributed by atoms with Gasteiger partial charge in [0.2, 0.25) is 5.88 Å². The first-order valence-corrected chi connectivity index (χ1v) is 8.79. The summed E-state index contributed by atoms with van der Waals surface area (Å²) in [7, 11) is 0. The summed E-state index contributed by atoms with van der Waals surface area (Å²) >= 11 is 0. The van der Waals surface area contributed by atoms with Crippen molar-refractivity contribution in [3.63, 3.8) is 0 Å². The zero-order chi connectivity index (χ0) is 18.3. The van der Waals surface area contributed by atoms with Gasteiger partial charge in [-0.3, -0.25) is 0 Å². The molecule has 0 saturated carbocycles. The standard InChI is InChI=1S/C23H20N2O/c1-14(2)15-7-9-17(10-8-15)21-19-12-11-16-5-3-4-6-18(16)22(19)26-23(25)20(21)13-24/h3-12,14,21H,25H2,1-2H3/t21-/m0/s1. The van der Waals surface area contributed by atoms with E-state index < -0.39 is 0 Å². The molecule has 3 aromatic rings. The minimum atomic E-state index is -0.213. The molecule has 0 amide bonds. The molecule has 0 spiro atoms. The number of allylic oxidation sites excluding steroid dienone is 1.